The molecule has 0 aromatic carbocycles. The minimum atomic E-state index is -2.16. The van der Waals surface area contributed by atoms with Gasteiger partial charge < -0.3 is 14.4 Å². The van der Waals surface area contributed by atoms with Crippen molar-refractivity contribution >= 4 is 25.8 Å². The van der Waals surface area contributed by atoms with E-state index in [1.165, 1.54) is 17.3 Å². The Morgan fingerprint density at radius 3 is 2.42 bits per heavy atom. The molecule has 0 aliphatic carbocycles. The molecule has 1 aromatic heterocycles. The molecule has 1 amide bonds. The molecule has 0 radical (unpaired) electrons. The van der Waals surface area contributed by atoms with Crippen LogP contribution in [0.5, 0.6) is 0 Å². The molecular formula is C21H36N4O5Si. The lowest BCUT2D eigenvalue weighted by atomic mass is 9.95. The van der Waals surface area contributed by atoms with E-state index in [2.05, 4.69) is 38.8 Å². The Kier molecular flexibility index (Phi) is 7.06. The number of rotatable bonds is 5. The van der Waals surface area contributed by atoms with Crippen LogP contribution in [0, 0.1) is 10.1 Å². The molecule has 2 rings (SSSR count). The minimum Gasteiger partial charge on any atom is -0.465 e. The van der Waals surface area contributed by atoms with Crippen LogP contribution in [0.15, 0.2) is 18.5 Å². The first-order valence-corrected chi connectivity index (χ1v) is 13.5. The summed E-state index contributed by atoms with van der Waals surface area (Å²) >= 11 is 0. The Labute approximate surface area is 185 Å². The van der Waals surface area contributed by atoms with E-state index in [-0.39, 0.29) is 16.8 Å². The number of aromatic nitrogens is 1. The highest BCUT2D eigenvalue weighted by atomic mass is 28.4. The fraction of sp³-hybridized carbons (Fsp3) is 0.714. The van der Waals surface area contributed by atoms with Gasteiger partial charge in [-0.25, -0.2) is 4.79 Å². The Balaban J connectivity index is 2.47. The third-order valence-electron chi connectivity index (χ3n) is 6.35. The highest BCUT2D eigenvalue weighted by Gasteiger charge is 2.47. The molecule has 0 bridgehead atoms. The second kappa shape index (κ2) is 8.74. The quantitative estimate of drug-likeness (QED) is 0.390. The van der Waals surface area contributed by atoms with Crippen molar-refractivity contribution < 1.29 is 19.3 Å². The molecule has 0 spiro atoms. The van der Waals surface area contributed by atoms with Crippen LogP contribution in [0.3, 0.4) is 0 Å². The Hall–Kier alpha value is -2.20. The van der Waals surface area contributed by atoms with Gasteiger partial charge in [0.2, 0.25) is 0 Å². The summed E-state index contributed by atoms with van der Waals surface area (Å²) in [5, 5.41) is 21.6. The zero-order valence-corrected chi connectivity index (χ0v) is 20.9. The van der Waals surface area contributed by atoms with Crippen LogP contribution >= 0.6 is 0 Å². The predicted molar refractivity (Wildman–Crippen MR) is 123 cm³/mol. The van der Waals surface area contributed by atoms with Gasteiger partial charge in [-0.05, 0) is 51.4 Å². The molecule has 1 aromatic rings. The van der Waals surface area contributed by atoms with Gasteiger partial charge in [0, 0.05) is 24.8 Å². The number of hydrogen-bond acceptors (Lipinski definition) is 6. The molecule has 1 N–H and O–H groups in total. The molecule has 2 heterocycles. The van der Waals surface area contributed by atoms with Crippen molar-refractivity contribution in [2.45, 2.75) is 83.8 Å². The van der Waals surface area contributed by atoms with E-state index in [1.807, 2.05) is 25.7 Å². The summed E-state index contributed by atoms with van der Waals surface area (Å²) in [5.41, 5.74) is -0.281. The van der Waals surface area contributed by atoms with Crippen molar-refractivity contribution in [3.05, 3.63) is 28.6 Å². The highest BCUT2D eigenvalue weighted by Crippen LogP contribution is 2.40. The van der Waals surface area contributed by atoms with Crippen LogP contribution < -0.4 is 4.90 Å². The predicted octanol–water partition coefficient (Wildman–Crippen LogP) is 4.74. The van der Waals surface area contributed by atoms with Gasteiger partial charge in [-0.2, -0.15) is 0 Å². The molecule has 0 saturated carbocycles. The minimum absolute atomic E-state index is 0.0195. The third kappa shape index (κ3) is 5.54. The first-order chi connectivity index (χ1) is 14.1. The molecule has 0 unspecified atom stereocenters. The summed E-state index contributed by atoms with van der Waals surface area (Å²) in [6, 6.07) is 1.15. The van der Waals surface area contributed by atoms with Crippen molar-refractivity contribution in [3.63, 3.8) is 0 Å². The molecule has 2 atom stereocenters. The maximum Gasteiger partial charge on any atom is 0.408 e. The molecule has 1 fully saturated rings. The van der Waals surface area contributed by atoms with Crippen LogP contribution in [-0.4, -0.2) is 65.1 Å². The maximum atomic E-state index is 12.3. The lowest BCUT2D eigenvalue weighted by Gasteiger charge is -2.50. The molecule has 31 heavy (non-hydrogen) atoms. The fourth-order valence-electron chi connectivity index (χ4n) is 3.78. The number of amides is 1. The van der Waals surface area contributed by atoms with Gasteiger partial charge in [-0.15, -0.1) is 0 Å². The standard InChI is InChI=1S/C21H36N4O5Si/c1-20(2,3)24(19(26)27)17-14-23(15-9-11-22-13-16(15)25(28)29)12-10-18(17)30-31(7,8)21(4,5)6/h9,11,13,17-18H,10,12,14H2,1-8H3,(H,26,27)/t17-,18-/m1/s1. The van der Waals surface area contributed by atoms with Gasteiger partial charge in [0.25, 0.3) is 0 Å². The summed E-state index contributed by atoms with van der Waals surface area (Å²) in [7, 11) is -2.16. The molecular weight excluding hydrogens is 416 g/mol. The number of piperidine rings is 1. The monoisotopic (exact) mass is 452 g/mol. The van der Waals surface area contributed by atoms with Gasteiger partial charge in [0.1, 0.15) is 11.9 Å². The zero-order valence-electron chi connectivity index (χ0n) is 19.9. The van der Waals surface area contributed by atoms with Gasteiger partial charge in [-0.3, -0.25) is 20.0 Å². The molecule has 1 saturated heterocycles. The van der Waals surface area contributed by atoms with Gasteiger partial charge in [-0.1, -0.05) is 20.8 Å². The largest absolute Gasteiger partial charge is 0.465 e. The second-order valence-electron chi connectivity index (χ2n) is 10.7. The second-order valence-corrected chi connectivity index (χ2v) is 15.4. The fourth-order valence-corrected chi connectivity index (χ4v) is 5.17. The van der Waals surface area contributed by atoms with E-state index in [4.69, 9.17) is 4.43 Å². The van der Waals surface area contributed by atoms with Gasteiger partial charge in [0.15, 0.2) is 8.32 Å². The van der Waals surface area contributed by atoms with E-state index in [0.717, 1.165) is 0 Å². The number of hydrogen-bond donors (Lipinski definition) is 1. The highest BCUT2D eigenvalue weighted by molar-refractivity contribution is 6.74. The number of anilines is 1. The average Bonchev–Trinajstić information content (AvgIpc) is 2.60. The van der Waals surface area contributed by atoms with Crippen molar-refractivity contribution in [2.24, 2.45) is 0 Å². The van der Waals surface area contributed by atoms with Crippen LogP contribution in [0.25, 0.3) is 0 Å². The number of carbonyl (C=O) groups is 1. The van der Waals surface area contributed by atoms with E-state index in [9.17, 15) is 20.0 Å². The topological polar surface area (TPSA) is 109 Å². The van der Waals surface area contributed by atoms with Crippen LogP contribution in [0.4, 0.5) is 16.2 Å². The zero-order chi connectivity index (χ0) is 23.8. The molecule has 1 aliphatic heterocycles. The lowest BCUT2D eigenvalue weighted by Crippen LogP contribution is -2.64. The summed E-state index contributed by atoms with van der Waals surface area (Å²) in [6.07, 6.45) is 2.03. The van der Waals surface area contributed by atoms with E-state index in [0.29, 0.717) is 25.2 Å². The van der Waals surface area contributed by atoms with Gasteiger partial charge >= 0.3 is 11.8 Å². The van der Waals surface area contributed by atoms with Crippen LogP contribution in [-0.2, 0) is 4.43 Å². The summed E-state index contributed by atoms with van der Waals surface area (Å²) in [4.78, 5) is 30.6. The molecule has 1 aliphatic rings. The number of carboxylic acid groups (broad SMARTS) is 1. The van der Waals surface area contributed by atoms with Crippen molar-refractivity contribution in [1.82, 2.24) is 9.88 Å². The number of nitrogens with zero attached hydrogens (tertiary/aromatic N) is 4. The van der Waals surface area contributed by atoms with Crippen LogP contribution in [0.2, 0.25) is 18.1 Å². The third-order valence-corrected chi connectivity index (χ3v) is 10.9. The van der Waals surface area contributed by atoms with Crippen LogP contribution in [0.1, 0.15) is 48.0 Å². The molecule has 174 valence electrons. The number of nitro groups is 1. The van der Waals surface area contributed by atoms with Crippen molar-refractivity contribution in [2.75, 3.05) is 18.0 Å². The molecule has 10 heteroatoms. The lowest BCUT2D eigenvalue weighted by molar-refractivity contribution is -0.384. The van der Waals surface area contributed by atoms with Gasteiger partial charge in [0.05, 0.1) is 17.1 Å². The number of pyridine rings is 1. The Morgan fingerprint density at radius 2 is 1.94 bits per heavy atom. The first kappa shape index (κ1) is 25.1. The van der Waals surface area contributed by atoms with Crippen molar-refractivity contribution in [3.8, 4) is 0 Å². The van der Waals surface area contributed by atoms with E-state index >= 15 is 0 Å². The molecule has 9 nitrogen and oxygen atoms in total. The maximum absolute atomic E-state index is 12.3. The SMILES string of the molecule is CC(C)(C)N(C(=O)O)[C@@H]1CN(c2ccncc2[N+](=O)[O-])CC[C@H]1O[Si](C)(C)C(C)(C)C. The smallest absolute Gasteiger partial charge is 0.408 e. The Bertz CT molecular complexity index is 819. The average molecular weight is 453 g/mol. The normalized spacial score (nSPS) is 20.5. The summed E-state index contributed by atoms with van der Waals surface area (Å²) < 4.78 is 6.71. The first-order valence-electron chi connectivity index (χ1n) is 10.6. The summed E-state index contributed by atoms with van der Waals surface area (Å²) in [6.45, 7) is 17.2. The van der Waals surface area contributed by atoms with E-state index < -0.39 is 30.9 Å². The van der Waals surface area contributed by atoms with E-state index in [1.54, 1.807) is 6.07 Å². The summed E-state index contributed by atoms with van der Waals surface area (Å²) in [5.74, 6) is 0. The van der Waals surface area contributed by atoms with Crippen molar-refractivity contribution in [1.29, 1.82) is 0 Å². The Morgan fingerprint density at radius 1 is 1.32 bits per heavy atom.